The van der Waals surface area contributed by atoms with Crippen molar-refractivity contribution in [1.29, 1.82) is 0 Å². The molecule has 0 radical (unpaired) electrons. The summed E-state index contributed by atoms with van der Waals surface area (Å²) in [6.07, 6.45) is 0.104. The van der Waals surface area contributed by atoms with Crippen LogP contribution in [-0.2, 0) is 4.74 Å². The van der Waals surface area contributed by atoms with E-state index in [-0.39, 0.29) is 11.6 Å². The Morgan fingerprint density at radius 2 is 2.00 bits per heavy atom. The standard InChI is InChI=1S/C13H19NO2/c1-13(2)12(16-9-8-14-13)10-4-6-11(15-3)7-5-10/h4-7,12,14H,8-9H2,1-3H3. The lowest BCUT2D eigenvalue weighted by Gasteiger charge is -2.39. The van der Waals surface area contributed by atoms with Crippen LogP contribution in [0.1, 0.15) is 25.5 Å². The largest absolute Gasteiger partial charge is 0.497 e. The van der Waals surface area contributed by atoms with Gasteiger partial charge in [0.25, 0.3) is 0 Å². The molecule has 3 heteroatoms. The summed E-state index contributed by atoms with van der Waals surface area (Å²) in [6.45, 7) is 6.02. The van der Waals surface area contributed by atoms with E-state index < -0.39 is 0 Å². The van der Waals surface area contributed by atoms with Crippen LogP contribution < -0.4 is 10.1 Å². The van der Waals surface area contributed by atoms with Crippen molar-refractivity contribution in [2.75, 3.05) is 20.3 Å². The first-order chi connectivity index (χ1) is 7.63. The van der Waals surface area contributed by atoms with Gasteiger partial charge >= 0.3 is 0 Å². The van der Waals surface area contributed by atoms with Gasteiger partial charge < -0.3 is 14.8 Å². The number of hydrogen-bond acceptors (Lipinski definition) is 3. The molecule has 1 aromatic carbocycles. The maximum absolute atomic E-state index is 5.85. The van der Waals surface area contributed by atoms with Crippen molar-refractivity contribution < 1.29 is 9.47 Å². The number of hydrogen-bond donors (Lipinski definition) is 1. The van der Waals surface area contributed by atoms with Crippen molar-refractivity contribution in [2.45, 2.75) is 25.5 Å². The summed E-state index contributed by atoms with van der Waals surface area (Å²) < 4.78 is 11.0. The molecule has 1 aromatic rings. The molecule has 1 aliphatic heterocycles. The van der Waals surface area contributed by atoms with Crippen molar-refractivity contribution in [3.05, 3.63) is 29.8 Å². The molecule has 2 rings (SSSR count). The second-order valence-corrected chi connectivity index (χ2v) is 4.67. The molecule has 1 N–H and O–H groups in total. The van der Waals surface area contributed by atoms with E-state index in [1.54, 1.807) is 7.11 Å². The van der Waals surface area contributed by atoms with Crippen LogP contribution in [0.15, 0.2) is 24.3 Å². The molecule has 0 aromatic heterocycles. The SMILES string of the molecule is COc1ccc(C2OCCNC2(C)C)cc1. The van der Waals surface area contributed by atoms with E-state index in [9.17, 15) is 0 Å². The summed E-state index contributed by atoms with van der Waals surface area (Å²) in [7, 11) is 1.68. The third-order valence-electron chi connectivity index (χ3n) is 3.04. The van der Waals surface area contributed by atoms with Crippen LogP contribution >= 0.6 is 0 Å². The Morgan fingerprint density at radius 1 is 1.31 bits per heavy atom. The van der Waals surface area contributed by atoms with Crippen LogP contribution in [0.5, 0.6) is 5.75 Å². The highest BCUT2D eigenvalue weighted by Gasteiger charge is 2.33. The van der Waals surface area contributed by atoms with Gasteiger partial charge in [-0.05, 0) is 31.5 Å². The molecule has 88 valence electrons. The van der Waals surface area contributed by atoms with Gasteiger partial charge in [0.05, 0.1) is 13.7 Å². The van der Waals surface area contributed by atoms with Gasteiger partial charge in [-0.3, -0.25) is 0 Å². The summed E-state index contributed by atoms with van der Waals surface area (Å²) in [6, 6.07) is 8.09. The Labute approximate surface area is 96.8 Å². The Hall–Kier alpha value is -1.06. The minimum Gasteiger partial charge on any atom is -0.497 e. The highest BCUT2D eigenvalue weighted by molar-refractivity contribution is 5.30. The molecule has 1 unspecified atom stereocenters. The second-order valence-electron chi connectivity index (χ2n) is 4.67. The zero-order valence-electron chi connectivity index (χ0n) is 10.1. The van der Waals surface area contributed by atoms with Gasteiger partial charge in [0.15, 0.2) is 0 Å². The quantitative estimate of drug-likeness (QED) is 0.830. The molecular weight excluding hydrogens is 202 g/mol. The lowest BCUT2D eigenvalue weighted by Crippen LogP contribution is -2.51. The second kappa shape index (κ2) is 4.44. The molecule has 1 fully saturated rings. The van der Waals surface area contributed by atoms with Crippen molar-refractivity contribution >= 4 is 0 Å². The Kier molecular flexibility index (Phi) is 3.17. The van der Waals surface area contributed by atoms with E-state index in [1.165, 1.54) is 5.56 Å². The molecule has 0 bridgehead atoms. The van der Waals surface area contributed by atoms with Crippen molar-refractivity contribution in [3.8, 4) is 5.75 Å². The lowest BCUT2D eigenvalue weighted by atomic mass is 9.90. The number of nitrogens with one attached hydrogen (secondary N) is 1. The molecule has 1 atom stereocenters. The predicted octanol–water partition coefficient (Wildman–Crippen LogP) is 2.13. The van der Waals surface area contributed by atoms with Crippen LogP contribution in [0.4, 0.5) is 0 Å². The number of methoxy groups -OCH3 is 1. The molecular formula is C13H19NO2. The van der Waals surface area contributed by atoms with Gasteiger partial charge in [-0.1, -0.05) is 12.1 Å². The van der Waals surface area contributed by atoms with Gasteiger partial charge in [-0.2, -0.15) is 0 Å². The molecule has 16 heavy (non-hydrogen) atoms. The minimum atomic E-state index is -0.0210. The van der Waals surface area contributed by atoms with Crippen LogP contribution in [-0.4, -0.2) is 25.8 Å². The predicted molar refractivity (Wildman–Crippen MR) is 63.8 cm³/mol. The zero-order chi connectivity index (χ0) is 11.6. The van der Waals surface area contributed by atoms with Crippen molar-refractivity contribution in [3.63, 3.8) is 0 Å². The van der Waals surface area contributed by atoms with Crippen LogP contribution in [0.2, 0.25) is 0 Å². The molecule has 0 amide bonds. The summed E-state index contributed by atoms with van der Waals surface area (Å²) in [4.78, 5) is 0. The van der Waals surface area contributed by atoms with Gasteiger partial charge in [-0.25, -0.2) is 0 Å². The summed E-state index contributed by atoms with van der Waals surface area (Å²) in [5, 5.41) is 3.48. The highest BCUT2D eigenvalue weighted by atomic mass is 16.5. The third-order valence-corrected chi connectivity index (χ3v) is 3.04. The monoisotopic (exact) mass is 221 g/mol. The fraction of sp³-hybridized carbons (Fsp3) is 0.538. The van der Waals surface area contributed by atoms with E-state index in [4.69, 9.17) is 9.47 Å². The van der Waals surface area contributed by atoms with Crippen LogP contribution in [0.25, 0.3) is 0 Å². The average molecular weight is 221 g/mol. The fourth-order valence-electron chi connectivity index (χ4n) is 2.14. The van der Waals surface area contributed by atoms with E-state index in [0.717, 1.165) is 18.9 Å². The first-order valence-electron chi connectivity index (χ1n) is 5.64. The Balaban J connectivity index is 2.21. The lowest BCUT2D eigenvalue weighted by molar-refractivity contribution is -0.0388. The highest BCUT2D eigenvalue weighted by Crippen LogP contribution is 2.32. The van der Waals surface area contributed by atoms with E-state index >= 15 is 0 Å². The summed E-state index contributed by atoms with van der Waals surface area (Å²) in [5.74, 6) is 0.880. The maximum Gasteiger partial charge on any atom is 0.118 e. The number of benzene rings is 1. The van der Waals surface area contributed by atoms with Gasteiger partial charge in [0.1, 0.15) is 11.9 Å². The van der Waals surface area contributed by atoms with Crippen LogP contribution in [0, 0.1) is 0 Å². The van der Waals surface area contributed by atoms with E-state index in [0.29, 0.717) is 0 Å². The van der Waals surface area contributed by atoms with Gasteiger partial charge in [0, 0.05) is 12.1 Å². The Morgan fingerprint density at radius 3 is 2.56 bits per heavy atom. The van der Waals surface area contributed by atoms with E-state index in [2.05, 4.69) is 31.3 Å². The van der Waals surface area contributed by atoms with Gasteiger partial charge in [-0.15, -0.1) is 0 Å². The molecule has 1 saturated heterocycles. The maximum atomic E-state index is 5.85. The molecule has 0 spiro atoms. The summed E-state index contributed by atoms with van der Waals surface area (Å²) >= 11 is 0. The fourth-order valence-corrected chi connectivity index (χ4v) is 2.14. The normalized spacial score (nSPS) is 24.1. The van der Waals surface area contributed by atoms with Gasteiger partial charge in [0.2, 0.25) is 0 Å². The zero-order valence-corrected chi connectivity index (χ0v) is 10.1. The number of rotatable bonds is 2. The smallest absolute Gasteiger partial charge is 0.118 e. The third kappa shape index (κ3) is 2.20. The number of morpholine rings is 1. The molecule has 1 heterocycles. The first kappa shape index (κ1) is 11.4. The summed E-state index contributed by atoms with van der Waals surface area (Å²) in [5.41, 5.74) is 1.17. The topological polar surface area (TPSA) is 30.5 Å². The van der Waals surface area contributed by atoms with Crippen molar-refractivity contribution in [2.24, 2.45) is 0 Å². The number of ether oxygens (including phenoxy) is 2. The van der Waals surface area contributed by atoms with Crippen LogP contribution in [0.3, 0.4) is 0 Å². The van der Waals surface area contributed by atoms with Crippen molar-refractivity contribution in [1.82, 2.24) is 5.32 Å². The molecule has 1 aliphatic rings. The average Bonchev–Trinajstić information content (AvgIpc) is 2.29. The molecule has 0 aliphatic carbocycles. The molecule has 3 nitrogen and oxygen atoms in total. The minimum absolute atomic E-state index is 0.0210. The molecule has 0 saturated carbocycles. The first-order valence-corrected chi connectivity index (χ1v) is 5.64. The van der Waals surface area contributed by atoms with E-state index in [1.807, 2.05) is 12.1 Å². The Bertz CT molecular complexity index is 345.